The van der Waals surface area contributed by atoms with Crippen LogP contribution in [0.15, 0.2) is 18.2 Å². The van der Waals surface area contributed by atoms with Crippen molar-refractivity contribution in [3.05, 3.63) is 29.3 Å². The number of hydrogen-bond acceptors (Lipinski definition) is 7. The molecule has 0 aliphatic carbocycles. The number of esters is 3. The number of anilines is 1. The van der Waals surface area contributed by atoms with Gasteiger partial charge in [0.2, 0.25) is 0 Å². The van der Waals surface area contributed by atoms with Crippen molar-refractivity contribution >= 4 is 23.6 Å². The van der Waals surface area contributed by atoms with Crippen molar-refractivity contribution in [2.45, 2.75) is 6.92 Å². The topological polar surface area (TPSA) is 90.9 Å². The van der Waals surface area contributed by atoms with Gasteiger partial charge in [-0.25, -0.2) is 9.59 Å². The van der Waals surface area contributed by atoms with Crippen LogP contribution >= 0.6 is 0 Å². The van der Waals surface area contributed by atoms with Crippen LogP contribution < -0.4 is 5.32 Å². The van der Waals surface area contributed by atoms with Gasteiger partial charge in [-0.05, 0) is 18.2 Å². The molecule has 0 fully saturated rings. The van der Waals surface area contributed by atoms with E-state index in [0.717, 1.165) is 0 Å². The molecule has 0 amide bonds. The highest BCUT2D eigenvalue weighted by atomic mass is 16.5. The van der Waals surface area contributed by atoms with E-state index in [1.54, 1.807) is 6.92 Å². The zero-order valence-electron chi connectivity index (χ0n) is 13.0. The van der Waals surface area contributed by atoms with E-state index in [1.807, 2.05) is 0 Å². The third kappa shape index (κ3) is 4.47. The van der Waals surface area contributed by atoms with E-state index in [2.05, 4.69) is 19.5 Å². The summed E-state index contributed by atoms with van der Waals surface area (Å²) in [5.41, 5.74) is 0.913. The molecule has 0 saturated heterocycles. The van der Waals surface area contributed by atoms with E-state index in [9.17, 15) is 14.4 Å². The summed E-state index contributed by atoms with van der Waals surface area (Å²) in [5.74, 6) is -1.89. The molecule has 7 nitrogen and oxygen atoms in total. The van der Waals surface area contributed by atoms with E-state index in [1.165, 1.54) is 39.5 Å². The van der Waals surface area contributed by atoms with Crippen LogP contribution in [-0.4, -0.2) is 45.8 Å². The summed E-state index contributed by atoms with van der Waals surface area (Å²) in [6.45, 7) is 1.99. The monoisotopic (exact) mass is 309 g/mol. The van der Waals surface area contributed by atoms with Gasteiger partial charge in [-0.15, -0.1) is 0 Å². The molecule has 0 heterocycles. The molecule has 22 heavy (non-hydrogen) atoms. The molecule has 7 heteroatoms. The molecule has 0 spiro atoms. The number of hydrogen-bond donors (Lipinski definition) is 1. The first-order valence-corrected chi connectivity index (χ1v) is 6.56. The van der Waals surface area contributed by atoms with Crippen molar-refractivity contribution in [3.8, 4) is 0 Å². The van der Waals surface area contributed by atoms with Gasteiger partial charge in [0, 0.05) is 12.2 Å². The first-order chi connectivity index (χ1) is 10.4. The van der Waals surface area contributed by atoms with Crippen molar-refractivity contribution in [2.75, 3.05) is 33.2 Å². The maximum absolute atomic E-state index is 11.6. The molecule has 0 aromatic heterocycles. The lowest BCUT2D eigenvalue weighted by molar-refractivity contribution is -0.144. The minimum atomic E-state index is -0.574. The Hall–Kier alpha value is -2.57. The minimum Gasteiger partial charge on any atom is -0.469 e. The molecule has 120 valence electrons. The van der Waals surface area contributed by atoms with Crippen LogP contribution in [0.25, 0.3) is 0 Å². The van der Waals surface area contributed by atoms with Gasteiger partial charge >= 0.3 is 17.9 Å². The average molecular weight is 309 g/mol. The molecule has 0 aliphatic rings. The Labute approximate surface area is 128 Å². The van der Waals surface area contributed by atoms with E-state index in [0.29, 0.717) is 5.69 Å². The highest BCUT2D eigenvalue weighted by Crippen LogP contribution is 2.17. The Morgan fingerprint density at radius 2 is 1.45 bits per heavy atom. The highest BCUT2D eigenvalue weighted by Gasteiger charge is 2.16. The van der Waals surface area contributed by atoms with Crippen molar-refractivity contribution in [2.24, 2.45) is 5.92 Å². The fourth-order valence-electron chi connectivity index (χ4n) is 1.76. The number of rotatable bonds is 6. The molecule has 1 rings (SSSR count). The quantitative estimate of drug-likeness (QED) is 0.628. The van der Waals surface area contributed by atoms with Crippen molar-refractivity contribution < 1.29 is 28.6 Å². The normalized spacial score (nSPS) is 11.3. The molecule has 1 aromatic rings. The van der Waals surface area contributed by atoms with Crippen molar-refractivity contribution in [1.82, 2.24) is 0 Å². The van der Waals surface area contributed by atoms with Crippen LogP contribution in [0.3, 0.4) is 0 Å². The molecule has 0 saturated carbocycles. The first-order valence-electron chi connectivity index (χ1n) is 6.56. The predicted octanol–water partition coefficient (Wildman–Crippen LogP) is 1.48. The van der Waals surface area contributed by atoms with Gasteiger partial charge in [-0.2, -0.15) is 0 Å². The molecular formula is C15H19NO6. The van der Waals surface area contributed by atoms with Crippen LogP contribution in [0.2, 0.25) is 0 Å². The Morgan fingerprint density at radius 3 is 1.86 bits per heavy atom. The second-order valence-electron chi connectivity index (χ2n) is 4.59. The van der Waals surface area contributed by atoms with Gasteiger partial charge in [0.15, 0.2) is 0 Å². The van der Waals surface area contributed by atoms with Crippen LogP contribution in [0.4, 0.5) is 5.69 Å². The number of methoxy groups -OCH3 is 3. The maximum atomic E-state index is 11.6. The molecule has 0 radical (unpaired) electrons. The summed E-state index contributed by atoms with van der Waals surface area (Å²) < 4.78 is 13.9. The predicted molar refractivity (Wildman–Crippen MR) is 78.8 cm³/mol. The average Bonchev–Trinajstić information content (AvgIpc) is 2.56. The molecule has 1 N–H and O–H groups in total. The number of carbonyl (C=O) groups is 3. The van der Waals surface area contributed by atoms with Crippen LogP contribution in [-0.2, 0) is 19.0 Å². The van der Waals surface area contributed by atoms with Gasteiger partial charge < -0.3 is 19.5 Å². The number of benzene rings is 1. The van der Waals surface area contributed by atoms with E-state index in [4.69, 9.17) is 0 Å². The standard InChI is InChI=1S/C15H19NO6/c1-9(13(17)20-2)8-16-12-6-10(14(18)21-3)5-11(7-12)15(19)22-4/h5-7,9,16H,8H2,1-4H3. The van der Waals surface area contributed by atoms with Crippen molar-refractivity contribution in [3.63, 3.8) is 0 Å². The lowest BCUT2D eigenvalue weighted by Crippen LogP contribution is -2.21. The lowest BCUT2D eigenvalue weighted by Gasteiger charge is -2.13. The molecule has 0 bridgehead atoms. The van der Waals surface area contributed by atoms with Crippen LogP contribution in [0.5, 0.6) is 0 Å². The smallest absolute Gasteiger partial charge is 0.337 e. The fraction of sp³-hybridized carbons (Fsp3) is 0.400. The Morgan fingerprint density at radius 1 is 0.955 bits per heavy atom. The van der Waals surface area contributed by atoms with Gasteiger partial charge in [0.05, 0.1) is 38.4 Å². The summed E-state index contributed by atoms with van der Waals surface area (Å²) in [5, 5.41) is 2.98. The largest absolute Gasteiger partial charge is 0.469 e. The second-order valence-corrected chi connectivity index (χ2v) is 4.59. The number of nitrogens with one attached hydrogen (secondary N) is 1. The molecular weight excluding hydrogens is 290 g/mol. The van der Waals surface area contributed by atoms with Crippen LogP contribution in [0, 0.1) is 5.92 Å². The van der Waals surface area contributed by atoms with Gasteiger partial charge in [0.25, 0.3) is 0 Å². The summed E-state index contributed by atoms with van der Waals surface area (Å²) in [6.07, 6.45) is 0. The highest BCUT2D eigenvalue weighted by molar-refractivity contribution is 5.97. The Balaban J connectivity index is 3.00. The number of ether oxygens (including phenoxy) is 3. The second kappa shape index (κ2) is 8.02. The first kappa shape index (κ1) is 17.5. The third-order valence-corrected chi connectivity index (χ3v) is 2.99. The van der Waals surface area contributed by atoms with Gasteiger partial charge in [-0.3, -0.25) is 4.79 Å². The molecule has 0 aliphatic heterocycles. The van der Waals surface area contributed by atoms with Gasteiger partial charge in [0.1, 0.15) is 0 Å². The molecule has 1 atom stereocenters. The summed E-state index contributed by atoms with van der Waals surface area (Å²) in [6, 6.07) is 4.44. The molecule has 1 unspecified atom stereocenters. The van der Waals surface area contributed by atoms with Crippen LogP contribution in [0.1, 0.15) is 27.6 Å². The van der Waals surface area contributed by atoms with Crippen molar-refractivity contribution in [1.29, 1.82) is 0 Å². The SMILES string of the molecule is COC(=O)c1cc(NCC(C)C(=O)OC)cc(C(=O)OC)c1. The zero-order valence-corrected chi connectivity index (χ0v) is 13.0. The summed E-state index contributed by atoms with van der Waals surface area (Å²) in [4.78, 5) is 34.7. The molecule has 1 aromatic carbocycles. The Bertz CT molecular complexity index is 535. The third-order valence-electron chi connectivity index (χ3n) is 2.99. The summed E-state index contributed by atoms with van der Waals surface area (Å²) >= 11 is 0. The Kier molecular flexibility index (Phi) is 6.37. The van der Waals surface area contributed by atoms with E-state index < -0.39 is 11.9 Å². The summed E-state index contributed by atoms with van der Waals surface area (Å²) in [7, 11) is 3.81. The number of carbonyl (C=O) groups excluding carboxylic acids is 3. The maximum Gasteiger partial charge on any atom is 0.337 e. The zero-order chi connectivity index (χ0) is 16.7. The fourth-order valence-corrected chi connectivity index (χ4v) is 1.76. The lowest BCUT2D eigenvalue weighted by atomic mass is 10.1. The minimum absolute atomic E-state index is 0.207. The van der Waals surface area contributed by atoms with E-state index >= 15 is 0 Å². The van der Waals surface area contributed by atoms with E-state index in [-0.39, 0.29) is 29.6 Å². The van der Waals surface area contributed by atoms with Gasteiger partial charge in [-0.1, -0.05) is 6.92 Å².